The van der Waals surface area contributed by atoms with Gasteiger partial charge in [-0.2, -0.15) is 0 Å². The van der Waals surface area contributed by atoms with E-state index in [1.165, 1.54) is 17.7 Å². The first kappa shape index (κ1) is 13.8. The summed E-state index contributed by atoms with van der Waals surface area (Å²) in [6.45, 7) is 2.03. The van der Waals surface area contributed by atoms with Crippen LogP contribution in [0, 0.1) is 12.7 Å². The number of rotatable bonds is 3. The van der Waals surface area contributed by atoms with Crippen molar-refractivity contribution in [2.75, 3.05) is 0 Å². The molecular formula is C17H13FN4O. The molecule has 0 fully saturated rings. The Bertz CT molecular complexity index is 899. The van der Waals surface area contributed by atoms with Crippen LogP contribution in [0.15, 0.2) is 46.1 Å². The van der Waals surface area contributed by atoms with Gasteiger partial charge in [0.1, 0.15) is 5.82 Å². The summed E-state index contributed by atoms with van der Waals surface area (Å²) in [7, 11) is 0. The first-order valence-electron chi connectivity index (χ1n) is 7.27. The van der Waals surface area contributed by atoms with Crippen LogP contribution in [-0.2, 0) is 12.8 Å². The fourth-order valence-corrected chi connectivity index (χ4v) is 2.63. The van der Waals surface area contributed by atoms with Gasteiger partial charge in [0.15, 0.2) is 0 Å². The molecule has 0 spiro atoms. The van der Waals surface area contributed by atoms with Gasteiger partial charge in [-0.1, -0.05) is 0 Å². The van der Waals surface area contributed by atoms with E-state index in [1.807, 2.05) is 13.1 Å². The Balaban J connectivity index is 1.53. The lowest BCUT2D eigenvalue weighted by atomic mass is 10.1. The number of aliphatic imine (C=N–C) groups is 1. The number of aromatic nitrogens is 3. The monoisotopic (exact) mass is 308 g/mol. The Hall–Kier alpha value is -2.89. The van der Waals surface area contributed by atoms with Crippen LogP contribution in [0.4, 0.5) is 10.1 Å². The third-order valence-electron chi connectivity index (χ3n) is 3.82. The zero-order valence-corrected chi connectivity index (χ0v) is 12.5. The van der Waals surface area contributed by atoms with Crippen LogP contribution in [0.2, 0.25) is 0 Å². The molecule has 114 valence electrons. The number of fused-ring (bicyclic) bond motifs is 1. The summed E-state index contributed by atoms with van der Waals surface area (Å²) in [5.41, 5.74) is 4.93. The predicted octanol–water partition coefficient (Wildman–Crippen LogP) is 3.45. The van der Waals surface area contributed by atoms with Crippen LogP contribution in [0.25, 0.3) is 11.5 Å². The van der Waals surface area contributed by atoms with E-state index in [1.54, 1.807) is 18.3 Å². The fourth-order valence-electron chi connectivity index (χ4n) is 2.63. The van der Waals surface area contributed by atoms with Gasteiger partial charge in [0, 0.05) is 23.9 Å². The Kier molecular flexibility index (Phi) is 3.22. The zero-order valence-electron chi connectivity index (χ0n) is 12.5. The summed E-state index contributed by atoms with van der Waals surface area (Å²) in [6, 6.07) is 5.97. The minimum atomic E-state index is -0.296. The average molecular weight is 308 g/mol. The van der Waals surface area contributed by atoms with Gasteiger partial charge in [-0.3, -0.25) is 9.98 Å². The van der Waals surface area contributed by atoms with E-state index in [9.17, 15) is 4.39 Å². The summed E-state index contributed by atoms with van der Waals surface area (Å²) in [5, 5.41) is 8.08. The molecular weight excluding hydrogens is 295 g/mol. The van der Waals surface area contributed by atoms with Crippen LogP contribution in [0.1, 0.15) is 17.0 Å². The topological polar surface area (TPSA) is 64.2 Å². The molecule has 0 amide bonds. The van der Waals surface area contributed by atoms with Crippen molar-refractivity contribution in [1.82, 2.24) is 15.2 Å². The van der Waals surface area contributed by atoms with E-state index < -0.39 is 0 Å². The molecule has 23 heavy (non-hydrogen) atoms. The van der Waals surface area contributed by atoms with Gasteiger partial charge in [-0.15, -0.1) is 10.2 Å². The lowest BCUT2D eigenvalue weighted by Gasteiger charge is -1.99. The lowest BCUT2D eigenvalue weighted by molar-refractivity contribution is 0.523. The molecule has 2 aromatic heterocycles. The Morgan fingerprint density at radius 2 is 1.96 bits per heavy atom. The van der Waals surface area contributed by atoms with Gasteiger partial charge >= 0.3 is 0 Å². The molecule has 0 atom stereocenters. The highest BCUT2D eigenvalue weighted by atomic mass is 19.1. The van der Waals surface area contributed by atoms with E-state index >= 15 is 0 Å². The van der Waals surface area contributed by atoms with E-state index in [4.69, 9.17) is 4.42 Å². The minimum absolute atomic E-state index is 0.296. The molecule has 1 aliphatic heterocycles. The summed E-state index contributed by atoms with van der Waals surface area (Å²) in [4.78, 5) is 8.74. The van der Waals surface area contributed by atoms with Crippen molar-refractivity contribution in [3.63, 3.8) is 0 Å². The highest BCUT2D eigenvalue weighted by Crippen LogP contribution is 2.29. The van der Waals surface area contributed by atoms with Crippen LogP contribution in [-0.4, -0.2) is 20.9 Å². The molecule has 0 unspecified atom stereocenters. The second kappa shape index (κ2) is 5.39. The molecule has 3 aromatic rings. The Morgan fingerprint density at radius 1 is 1.13 bits per heavy atom. The summed E-state index contributed by atoms with van der Waals surface area (Å²) in [6.07, 6.45) is 4.89. The van der Waals surface area contributed by atoms with Crippen molar-refractivity contribution in [3.05, 3.63) is 59.5 Å². The standard InChI is InChI=1S/C17H13FN4O/c1-10-8-19-9-15-14(10)6-13(20-15)7-16-21-22-17(23-16)11-2-4-12(18)5-3-11/h2-5,8-9H,6-7H2,1H3. The lowest BCUT2D eigenvalue weighted by Crippen LogP contribution is -2.03. The van der Waals surface area contributed by atoms with Crippen LogP contribution in [0.3, 0.4) is 0 Å². The van der Waals surface area contributed by atoms with Gasteiger partial charge in [-0.25, -0.2) is 4.39 Å². The molecule has 3 heterocycles. The SMILES string of the molecule is Cc1cncc2c1CC(Cc1nnc(-c3ccc(F)cc3)o1)=N2. The van der Waals surface area contributed by atoms with Crippen molar-refractivity contribution in [2.24, 2.45) is 4.99 Å². The smallest absolute Gasteiger partial charge is 0.247 e. The largest absolute Gasteiger partial charge is 0.420 e. The van der Waals surface area contributed by atoms with Crippen molar-refractivity contribution >= 4 is 11.4 Å². The van der Waals surface area contributed by atoms with Gasteiger partial charge in [-0.05, 0) is 42.3 Å². The maximum atomic E-state index is 13.0. The van der Waals surface area contributed by atoms with Crippen LogP contribution < -0.4 is 0 Å². The van der Waals surface area contributed by atoms with Crippen LogP contribution in [0.5, 0.6) is 0 Å². The van der Waals surface area contributed by atoms with Crippen molar-refractivity contribution in [3.8, 4) is 11.5 Å². The number of nitrogens with zero attached hydrogens (tertiary/aromatic N) is 4. The molecule has 5 nitrogen and oxygen atoms in total. The van der Waals surface area contributed by atoms with Gasteiger partial charge in [0.2, 0.25) is 11.8 Å². The highest BCUT2D eigenvalue weighted by molar-refractivity contribution is 5.95. The van der Waals surface area contributed by atoms with Crippen LogP contribution >= 0.6 is 0 Å². The molecule has 0 N–H and O–H groups in total. The second-order valence-electron chi connectivity index (χ2n) is 5.49. The number of halogens is 1. The third-order valence-corrected chi connectivity index (χ3v) is 3.82. The molecule has 4 rings (SSSR count). The van der Waals surface area contributed by atoms with Crippen molar-refractivity contribution in [1.29, 1.82) is 0 Å². The predicted molar refractivity (Wildman–Crippen MR) is 83.2 cm³/mol. The number of hydrogen-bond acceptors (Lipinski definition) is 5. The molecule has 0 aliphatic carbocycles. The zero-order chi connectivity index (χ0) is 15.8. The van der Waals surface area contributed by atoms with E-state index in [-0.39, 0.29) is 5.82 Å². The number of pyridine rings is 1. The van der Waals surface area contributed by atoms with E-state index in [2.05, 4.69) is 20.2 Å². The third kappa shape index (κ3) is 2.63. The molecule has 0 saturated carbocycles. The van der Waals surface area contributed by atoms with E-state index in [0.29, 0.717) is 23.8 Å². The second-order valence-corrected chi connectivity index (χ2v) is 5.49. The van der Waals surface area contributed by atoms with Gasteiger partial charge in [0.05, 0.1) is 18.3 Å². The van der Waals surface area contributed by atoms with Crippen molar-refractivity contribution in [2.45, 2.75) is 19.8 Å². The maximum absolute atomic E-state index is 13.0. The maximum Gasteiger partial charge on any atom is 0.247 e. The first-order valence-corrected chi connectivity index (χ1v) is 7.27. The van der Waals surface area contributed by atoms with E-state index in [0.717, 1.165) is 23.4 Å². The minimum Gasteiger partial charge on any atom is -0.420 e. The van der Waals surface area contributed by atoms with Gasteiger partial charge in [0.25, 0.3) is 0 Å². The first-order chi connectivity index (χ1) is 11.2. The molecule has 1 aromatic carbocycles. The molecule has 1 aliphatic rings. The summed E-state index contributed by atoms with van der Waals surface area (Å²) < 4.78 is 18.6. The number of benzene rings is 1. The molecule has 6 heteroatoms. The molecule has 0 bridgehead atoms. The Morgan fingerprint density at radius 3 is 2.74 bits per heavy atom. The summed E-state index contributed by atoms with van der Waals surface area (Å²) in [5.74, 6) is 0.589. The quantitative estimate of drug-likeness (QED) is 0.743. The Labute approximate surface area is 131 Å². The number of hydrogen-bond donors (Lipinski definition) is 0. The number of aryl methyl sites for hydroxylation is 1. The normalized spacial score (nSPS) is 13.0. The fraction of sp³-hybridized carbons (Fsp3) is 0.176. The average Bonchev–Trinajstić information content (AvgIpc) is 3.16. The van der Waals surface area contributed by atoms with Gasteiger partial charge < -0.3 is 4.42 Å². The highest BCUT2D eigenvalue weighted by Gasteiger charge is 2.19. The van der Waals surface area contributed by atoms with Crippen molar-refractivity contribution < 1.29 is 8.81 Å². The molecule has 0 radical (unpaired) electrons. The molecule has 0 saturated heterocycles. The summed E-state index contributed by atoms with van der Waals surface area (Å²) >= 11 is 0.